The second kappa shape index (κ2) is 7.02. The topological polar surface area (TPSA) is 61.4 Å². The highest BCUT2D eigenvalue weighted by Crippen LogP contribution is 2.33. The summed E-state index contributed by atoms with van der Waals surface area (Å²) in [7, 11) is 1.63. The Morgan fingerprint density at radius 1 is 1.23 bits per heavy atom. The van der Waals surface area contributed by atoms with Crippen molar-refractivity contribution in [2.24, 2.45) is 0 Å². The Kier molecular flexibility index (Phi) is 4.57. The molecular formula is C20H20ClN3O2. The second-order valence-corrected chi connectivity index (χ2v) is 6.89. The predicted octanol–water partition coefficient (Wildman–Crippen LogP) is 4.00. The first-order chi connectivity index (χ1) is 12.7. The van der Waals surface area contributed by atoms with E-state index in [9.17, 15) is 5.11 Å². The minimum atomic E-state index is 0.264. The van der Waals surface area contributed by atoms with Gasteiger partial charge in [0.2, 0.25) is 0 Å². The molecular weight excluding hydrogens is 350 g/mol. The molecule has 2 N–H and O–H groups in total. The van der Waals surface area contributed by atoms with E-state index in [0.29, 0.717) is 17.3 Å². The second-order valence-electron chi connectivity index (χ2n) is 6.45. The average molecular weight is 370 g/mol. The molecule has 0 radical (unpaired) electrons. The van der Waals surface area contributed by atoms with E-state index in [4.69, 9.17) is 16.3 Å². The van der Waals surface area contributed by atoms with E-state index in [-0.39, 0.29) is 5.75 Å². The largest absolute Gasteiger partial charge is 0.507 e. The lowest BCUT2D eigenvalue weighted by atomic mass is 10.0. The van der Waals surface area contributed by atoms with Gasteiger partial charge in [0.05, 0.1) is 12.8 Å². The number of halogens is 1. The summed E-state index contributed by atoms with van der Waals surface area (Å²) in [4.78, 5) is 2.30. The van der Waals surface area contributed by atoms with E-state index < -0.39 is 0 Å². The number of nitrogens with zero attached hydrogens (tertiary/aromatic N) is 2. The molecule has 0 bridgehead atoms. The van der Waals surface area contributed by atoms with Crippen molar-refractivity contribution in [1.82, 2.24) is 15.1 Å². The maximum atomic E-state index is 10.2. The molecule has 0 saturated heterocycles. The Morgan fingerprint density at radius 3 is 2.81 bits per heavy atom. The van der Waals surface area contributed by atoms with Crippen molar-refractivity contribution in [1.29, 1.82) is 0 Å². The van der Waals surface area contributed by atoms with Crippen molar-refractivity contribution < 1.29 is 9.84 Å². The zero-order valence-corrected chi connectivity index (χ0v) is 15.3. The number of nitrogens with one attached hydrogen (secondary N) is 1. The van der Waals surface area contributed by atoms with Crippen molar-refractivity contribution in [3.63, 3.8) is 0 Å². The van der Waals surface area contributed by atoms with Gasteiger partial charge in [-0.25, -0.2) is 0 Å². The van der Waals surface area contributed by atoms with Gasteiger partial charge in [-0.05, 0) is 24.3 Å². The van der Waals surface area contributed by atoms with Crippen LogP contribution in [-0.4, -0.2) is 33.9 Å². The van der Waals surface area contributed by atoms with Gasteiger partial charge in [0.15, 0.2) is 0 Å². The Hall–Kier alpha value is -2.50. The average Bonchev–Trinajstić information content (AvgIpc) is 3.07. The summed E-state index contributed by atoms with van der Waals surface area (Å²) in [6.07, 6.45) is 0.895. The number of ether oxygens (including phenoxy) is 1. The fourth-order valence-corrected chi connectivity index (χ4v) is 3.59. The first kappa shape index (κ1) is 16.9. The third-order valence-electron chi connectivity index (χ3n) is 4.84. The first-order valence-corrected chi connectivity index (χ1v) is 8.92. The van der Waals surface area contributed by atoms with Crippen LogP contribution in [0, 0.1) is 0 Å². The number of phenols is 1. The molecule has 0 aliphatic carbocycles. The zero-order chi connectivity index (χ0) is 18.1. The number of methoxy groups -OCH3 is 1. The fraction of sp³-hybridized carbons (Fsp3) is 0.250. The van der Waals surface area contributed by atoms with Crippen LogP contribution in [0.2, 0.25) is 5.02 Å². The highest BCUT2D eigenvalue weighted by molar-refractivity contribution is 6.30. The standard InChI is InChI=1S/C20H20ClN3O2/c1-26-19-4-2-3-18(25)16(19)12-24-10-9-17-15(11-24)20(23-22-17)13-5-7-14(21)8-6-13/h2-8,25H,9-12H2,1H3,(H,22,23). The monoisotopic (exact) mass is 369 g/mol. The Balaban J connectivity index is 1.60. The molecule has 0 amide bonds. The molecule has 6 heteroatoms. The van der Waals surface area contributed by atoms with Gasteiger partial charge in [-0.3, -0.25) is 10.00 Å². The third-order valence-corrected chi connectivity index (χ3v) is 5.09. The highest BCUT2D eigenvalue weighted by Gasteiger charge is 2.24. The number of phenolic OH excluding ortho intramolecular Hbond substituents is 1. The molecule has 26 heavy (non-hydrogen) atoms. The number of aromatic amines is 1. The van der Waals surface area contributed by atoms with Gasteiger partial charge in [0, 0.05) is 53.5 Å². The Labute approximate surface area is 157 Å². The molecule has 134 valence electrons. The summed E-state index contributed by atoms with van der Waals surface area (Å²) >= 11 is 6.00. The summed E-state index contributed by atoms with van der Waals surface area (Å²) in [6.45, 7) is 2.29. The van der Waals surface area contributed by atoms with E-state index in [1.165, 1.54) is 11.3 Å². The van der Waals surface area contributed by atoms with Gasteiger partial charge in [0.1, 0.15) is 11.5 Å². The Morgan fingerprint density at radius 2 is 2.04 bits per heavy atom. The zero-order valence-electron chi connectivity index (χ0n) is 14.5. The van der Waals surface area contributed by atoms with Gasteiger partial charge in [-0.1, -0.05) is 29.8 Å². The molecule has 5 nitrogen and oxygen atoms in total. The number of benzene rings is 2. The maximum Gasteiger partial charge on any atom is 0.127 e. The maximum absolute atomic E-state index is 10.2. The number of aromatic hydroxyl groups is 1. The summed E-state index contributed by atoms with van der Waals surface area (Å²) < 4.78 is 5.41. The van der Waals surface area contributed by atoms with Gasteiger partial charge < -0.3 is 9.84 Å². The van der Waals surface area contributed by atoms with Crippen molar-refractivity contribution in [2.45, 2.75) is 19.5 Å². The van der Waals surface area contributed by atoms with Crippen LogP contribution in [0.1, 0.15) is 16.8 Å². The number of aromatic nitrogens is 2. The molecule has 0 fully saturated rings. The number of H-pyrrole nitrogens is 1. The molecule has 0 saturated carbocycles. The van der Waals surface area contributed by atoms with Crippen LogP contribution in [0.15, 0.2) is 42.5 Å². The first-order valence-electron chi connectivity index (χ1n) is 8.55. The van der Waals surface area contributed by atoms with Gasteiger partial charge in [-0.15, -0.1) is 0 Å². The third kappa shape index (κ3) is 3.16. The van der Waals surface area contributed by atoms with Crippen molar-refractivity contribution in [2.75, 3.05) is 13.7 Å². The quantitative estimate of drug-likeness (QED) is 0.729. The van der Waals surface area contributed by atoms with E-state index in [2.05, 4.69) is 15.1 Å². The molecule has 2 heterocycles. The van der Waals surface area contributed by atoms with Gasteiger partial charge in [0.25, 0.3) is 0 Å². The van der Waals surface area contributed by atoms with Crippen LogP contribution in [0.5, 0.6) is 11.5 Å². The smallest absolute Gasteiger partial charge is 0.127 e. The minimum Gasteiger partial charge on any atom is -0.507 e. The molecule has 2 aromatic carbocycles. The number of hydrogen-bond acceptors (Lipinski definition) is 4. The molecule has 0 spiro atoms. The summed E-state index contributed by atoms with van der Waals surface area (Å²) in [5, 5.41) is 18.6. The molecule has 3 aromatic rings. The molecule has 1 aromatic heterocycles. The lowest BCUT2D eigenvalue weighted by Gasteiger charge is -2.28. The molecule has 4 rings (SSSR count). The SMILES string of the molecule is COc1cccc(O)c1CN1CCc2[nH]nc(-c3ccc(Cl)cc3)c2C1. The van der Waals surface area contributed by atoms with Crippen LogP contribution in [0.3, 0.4) is 0 Å². The van der Waals surface area contributed by atoms with Crippen LogP contribution >= 0.6 is 11.6 Å². The van der Waals surface area contributed by atoms with Crippen molar-refractivity contribution in [3.8, 4) is 22.8 Å². The van der Waals surface area contributed by atoms with Crippen LogP contribution in [0.25, 0.3) is 11.3 Å². The fourth-order valence-electron chi connectivity index (χ4n) is 3.46. The van der Waals surface area contributed by atoms with E-state index in [1.54, 1.807) is 19.2 Å². The minimum absolute atomic E-state index is 0.264. The predicted molar refractivity (Wildman–Crippen MR) is 102 cm³/mol. The highest BCUT2D eigenvalue weighted by atomic mass is 35.5. The van der Waals surface area contributed by atoms with Crippen LogP contribution < -0.4 is 4.74 Å². The lowest BCUT2D eigenvalue weighted by Crippen LogP contribution is -2.30. The van der Waals surface area contributed by atoms with Crippen LogP contribution in [0.4, 0.5) is 0 Å². The summed E-state index contributed by atoms with van der Waals surface area (Å²) in [6, 6.07) is 13.1. The lowest BCUT2D eigenvalue weighted by molar-refractivity contribution is 0.237. The van der Waals surface area contributed by atoms with Gasteiger partial charge >= 0.3 is 0 Å². The van der Waals surface area contributed by atoms with Crippen LogP contribution in [-0.2, 0) is 19.5 Å². The number of hydrogen-bond donors (Lipinski definition) is 2. The Bertz CT molecular complexity index is 921. The summed E-state index contributed by atoms with van der Waals surface area (Å²) in [5.41, 5.74) is 5.21. The van der Waals surface area contributed by atoms with E-state index in [1.807, 2.05) is 30.3 Å². The van der Waals surface area contributed by atoms with Crippen molar-refractivity contribution in [3.05, 3.63) is 64.3 Å². The van der Waals surface area contributed by atoms with E-state index >= 15 is 0 Å². The number of rotatable bonds is 4. The molecule has 0 unspecified atom stereocenters. The molecule has 1 aliphatic rings. The van der Waals surface area contributed by atoms with Gasteiger partial charge in [-0.2, -0.15) is 5.10 Å². The van der Waals surface area contributed by atoms with E-state index in [0.717, 1.165) is 36.3 Å². The normalized spacial score (nSPS) is 14.2. The molecule has 0 atom stereocenters. The van der Waals surface area contributed by atoms with Crippen molar-refractivity contribution >= 4 is 11.6 Å². The summed E-state index contributed by atoms with van der Waals surface area (Å²) in [5.74, 6) is 0.973. The number of fused-ring (bicyclic) bond motifs is 1. The molecule has 1 aliphatic heterocycles.